The molecule has 0 bridgehead atoms. The highest BCUT2D eigenvalue weighted by Crippen LogP contribution is 2.28. The normalized spacial score (nSPS) is 11.9. The van der Waals surface area contributed by atoms with Crippen LogP contribution >= 0.6 is 23.1 Å². The summed E-state index contributed by atoms with van der Waals surface area (Å²) >= 11 is 2.75. The molecule has 0 unspecified atom stereocenters. The summed E-state index contributed by atoms with van der Waals surface area (Å²) in [5.41, 5.74) is 2.72. The number of amides is 1. The van der Waals surface area contributed by atoms with Gasteiger partial charge in [-0.1, -0.05) is 67.2 Å². The van der Waals surface area contributed by atoms with Gasteiger partial charge in [0.1, 0.15) is 0 Å². The fraction of sp³-hybridized carbons (Fsp3) is 0.150. The number of para-hydroxylation sites is 1. The third-order valence-corrected chi connectivity index (χ3v) is 6.21. The Labute approximate surface area is 176 Å². The largest absolute Gasteiger partial charge is 0.301 e. The molecule has 29 heavy (non-hydrogen) atoms. The van der Waals surface area contributed by atoms with E-state index in [1.807, 2.05) is 73.0 Å². The SMILES string of the molecule is CC[C@@H](Sc1nnnn1-c1ccccc1)C(=O)Nc1nc(-c2ccccc2)cs1. The third-order valence-electron chi connectivity index (χ3n) is 4.16. The molecule has 0 aliphatic heterocycles. The Morgan fingerprint density at radius 3 is 2.59 bits per heavy atom. The van der Waals surface area contributed by atoms with E-state index >= 15 is 0 Å². The topological polar surface area (TPSA) is 85.6 Å². The van der Waals surface area contributed by atoms with Crippen molar-refractivity contribution in [3.05, 3.63) is 66.0 Å². The Hall–Kier alpha value is -3.04. The Morgan fingerprint density at radius 2 is 1.86 bits per heavy atom. The number of nitrogens with one attached hydrogen (secondary N) is 1. The van der Waals surface area contributed by atoms with Gasteiger partial charge in [-0.05, 0) is 29.0 Å². The molecule has 0 saturated heterocycles. The average Bonchev–Trinajstić information content (AvgIpc) is 3.43. The minimum Gasteiger partial charge on any atom is -0.301 e. The number of tetrazole rings is 1. The second-order valence-electron chi connectivity index (χ2n) is 6.12. The lowest BCUT2D eigenvalue weighted by molar-refractivity contribution is -0.115. The van der Waals surface area contributed by atoms with Gasteiger partial charge in [-0.25, -0.2) is 4.98 Å². The van der Waals surface area contributed by atoms with Crippen LogP contribution in [-0.2, 0) is 4.79 Å². The molecule has 2 aromatic heterocycles. The van der Waals surface area contributed by atoms with E-state index in [-0.39, 0.29) is 11.2 Å². The summed E-state index contributed by atoms with van der Waals surface area (Å²) in [5.74, 6) is -0.117. The molecule has 1 atom stereocenters. The maximum Gasteiger partial charge on any atom is 0.239 e. The third kappa shape index (κ3) is 4.52. The van der Waals surface area contributed by atoms with Crippen LogP contribution < -0.4 is 5.32 Å². The smallest absolute Gasteiger partial charge is 0.239 e. The van der Waals surface area contributed by atoms with Crippen LogP contribution in [-0.4, -0.2) is 36.3 Å². The molecule has 4 rings (SSSR count). The van der Waals surface area contributed by atoms with Gasteiger partial charge in [0.25, 0.3) is 0 Å². The zero-order chi connectivity index (χ0) is 20.1. The minimum atomic E-state index is -0.340. The summed E-state index contributed by atoms with van der Waals surface area (Å²) in [4.78, 5) is 17.4. The van der Waals surface area contributed by atoms with Crippen molar-refractivity contribution in [2.75, 3.05) is 5.32 Å². The standard InChI is InChI=1S/C20H18N6OS2/c1-2-17(29-20-23-24-25-26(20)15-11-7-4-8-12-15)18(27)22-19-21-16(13-28-19)14-9-5-3-6-10-14/h3-13,17H,2H2,1H3,(H,21,22,27)/t17-/m1/s1. The Kier molecular flexibility index (Phi) is 5.97. The zero-order valence-electron chi connectivity index (χ0n) is 15.6. The number of nitrogens with zero attached hydrogens (tertiary/aromatic N) is 5. The number of anilines is 1. The van der Waals surface area contributed by atoms with Gasteiger partial charge >= 0.3 is 0 Å². The maximum absolute atomic E-state index is 12.8. The number of benzene rings is 2. The minimum absolute atomic E-state index is 0.117. The summed E-state index contributed by atoms with van der Waals surface area (Å²) in [5, 5.41) is 17.6. The van der Waals surface area contributed by atoms with E-state index in [9.17, 15) is 4.79 Å². The Bertz CT molecular complexity index is 1080. The van der Waals surface area contributed by atoms with Crippen LogP contribution in [0.2, 0.25) is 0 Å². The van der Waals surface area contributed by atoms with E-state index in [0.29, 0.717) is 16.7 Å². The quantitative estimate of drug-likeness (QED) is 0.447. The van der Waals surface area contributed by atoms with Crippen molar-refractivity contribution < 1.29 is 4.79 Å². The van der Waals surface area contributed by atoms with Crippen molar-refractivity contribution in [3.63, 3.8) is 0 Å². The summed E-state index contributed by atoms with van der Waals surface area (Å²) in [6.45, 7) is 1.96. The molecule has 0 aliphatic carbocycles. The predicted octanol–water partition coefficient (Wildman–Crippen LogP) is 4.30. The highest BCUT2D eigenvalue weighted by molar-refractivity contribution is 8.00. The van der Waals surface area contributed by atoms with E-state index in [2.05, 4.69) is 25.8 Å². The lowest BCUT2D eigenvalue weighted by Crippen LogP contribution is -2.25. The van der Waals surface area contributed by atoms with Gasteiger partial charge in [0.05, 0.1) is 16.6 Å². The number of hydrogen-bond donors (Lipinski definition) is 1. The molecular formula is C20H18N6OS2. The van der Waals surface area contributed by atoms with Crippen LogP contribution in [0.1, 0.15) is 13.3 Å². The van der Waals surface area contributed by atoms with Crippen LogP contribution in [0.5, 0.6) is 0 Å². The van der Waals surface area contributed by atoms with Gasteiger partial charge in [-0.15, -0.1) is 16.4 Å². The van der Waals surface area contributed by atoms with Crippen LogP contribution in [0.4, 0.5) is 5.13 Å². The molecular weight excluding hydrogens is 404 g/mol. The monoisotopic (exact) mass is 422 g/mol. The maximum atomic E-state index is 12.8. The molecule has 2 aromatic carbocycles. The van der Waals surface area contributed by atoms with Crippen LogP contribution in [0.15, 0.2) is 71.2 Å². The highest BCUT2D eigenvalue weighted by Gasteiger charge is 2.23. The lowest BCUT2D eigenvalue weighted by Gasteiger charge is -2.13. The van der Waals surface area contributed by atoms with Gasteiger partial charge < -0.3 is 5.32 Å². The molecule has 2 heterocycles. The van der Waals surface area contributed by atoms with Gasteiger partial charge in [-0.2, -0.15) is 4.68 Å². The van der Waals surface area contributed by atoms with E-state index in [1.54, 1.807) is 4.68 Å². The molecule has 9 heteroatoms. The van der Waals surface area contributed by atoms with Crippen molar-refractivity contribution in [2.45, 2.75) is 23.8 Å². The fourth-order valence-corrected chi connectivity index (χ4v) is 4.33. The van der Waals surface area contributed by atoms with E-state index in [1.165, 1.54) is 23.1 Å². The summed E-state index contributed by atoms with van der Waals surface area (Å²) in [7, 11) is 0. The van der Waals surface area contributed by atoms with E-state index < -0.39 is 0 Å². The van der Waals surface area contributed by atoms with Gasteiger partial charge in [0.15, 0.2) is 5.13 Å². The lowest BCUT2D eigenvalue weighted by atomic mass is 10.2. The van der Waals surface area contributed by atoms with Crippen molar-refractivity contribution in [1.29, 1.82) is 0 Å². The van der Waals surface area contributed by atoms with Crippen LogP contribution in [0, 0.1) is 0 Å². The van der Waals surface area contributed by atoms with Crippen LogP contribution in [0.25, 0.3) is 16.9 Å². The number of carbonyl (C=O) groups is 1. The predicted molar refractivity (Wildman–Crippen MR) is 115 cm³/mol. The molecule has 1 amide bonds. The van der Waals surface area contributed by atoms with Gasteiger partial charge in [0, 0.05) is 10.9 Å². The number of thioether (sulfide) groups is 1. The highest BCUT2D eigenvalue weighted by atomic mass is 32.2. The number of thiazole rings is 1. The first-order valence-electron chi connectivity index (χ1n) is 9.07. The second kappa shape index (κ2) is 8.97. The van der Waals surface area contributed by atoms with Crippen LogP contribution in [0.3, 0.4) is 0 Å². The number of carbonyl (C=O) groups excluding carboxylic acids is 1. The second-order valence-corrected chi connectivity index (χ2v) is 8.14. The summed E-state index contributed by atoms with van der Waals surface area (Å²) in [6.07, 6.45) is 0.634. The molecule has 7 nitrogen and oxygen atoms in total. The molecule has 0 spiro atoms. The molecule has 1 N–H and O–H groups in total. The first kappa shape index (κ1) is 19.3. The Balaban J connectivity index is 1.46. The van der Waals surface area contributed by atoms with Gasteiger partial charge in [-0.3, -0.25) is 4.79 Å². The molecule has 0 saturated carbocycles. The molecule has 0 aliphatic rings. The van der Waals surface area contributed by atoms with Crippen molar-refractivity contribution in [1.82, 2.24) is 25.2 Å². The fourth-order valence-electron chi connectivity index (χ4n) is 2.69. The number of aromatic nitrogens is 5. The van der Waals surface area contributed by atoms with Crippen molar-refractivity contribution >= 4 is 34.1 Å². The summed E-state index contributed by atoms with van der Waals surface area (Å²) < 4.78 is 1.64. The van der Waals surface area contributed by atoms with E-state index in [4.69, 9.17) is 0 Å². The van der Waals surface area contributed by atoms with Crippen molar-refractivity contribution in [2.24, 2.45) is 0 Å². The number of hydrogen-bond acceptors (Lipinski definition) is 7. The molecule has 146 valence electrons. The molecule has 4 aromatic rings. The van der Waals surface area contributed by atoms with Crippen molar-refractivity contribution in [3.8, 4) is 16.9 Å². The van der Waals surface area contributed by atoms with Gasteiger partial charge in [0.2, 0.25) is 11.1 Å². The Morgan fingerprint density at radius 1 is 1.14 bits per heavy atom. The molecule has 0 fully saturated rings. The first-order chi connectivity index (χ1) is 14.2. The average molecular weight is 423 g/mol. The zero-order valence-corrected chi connectivity index (χ0v) is 17.2. The van der Waals surface area contributed by atoms with E-state index in [0.717, 1.165) is 16.9 Å². The number of rotatable bonds is 7. The summed E-state index contributed by atoms with van der Waals surface area (Å²) in [6, 6.07) is 19.5. The first-order valence-corrected chi connectivity index (χ1v) is 10.8. The molecule has 0 radical (unpaired) electrons.